The molecule has 3 aromatic rings. The van der Waals surface area contributed by atoms with E-state index in [2.05, 4.69) is 14.4 Å². The fourth-order valence-electron chi connectivity index (χ4n) is 2.59. The Hall–Kier alpha value is -3.21. The number of para-hydroxylation sites is 3. The first kappa shape index (κ1) is 19.5. The quantitative estimate of drug-likeness (QED) is 0.672. The Balaban J connectivity index is 2.06. The summed E-state index contributed by atoms with van der Waals surface area (Å²) in [7, 11) is -4.46. The smallest absolute Gasteiger partial charge is 0.404 e. The summed E-state index contributed by atoms with van der Waals surface area (Å²) in [5.41, 5.74) is 0.237. The molecule has 0 spiro atoms. The van der Waals surface area contributed by atoms with Crippen LogP contribution in [0.5, 0.6) is 5.75 Å². The molecule has 0 unspecified atom stereocenters. The van der Waals surface area contributed by atoms with E-state index >= 15 is 0 Å². The summed E-state index contributed by atoms with van der Waals surface area (Å²) in [6.07, 6.45) is -3.61. The largest absolute Gasteiger partial charge is 0.573 e. The highest BCUT2D eigenvalue weighted by molar-refractivity contribution is 7.92. The van der Waals surface area contributed by atoms with Gasteiger partial charge in [-0.25, -0.2) is 13.2 Å². The summed E-state index contributed by atoms with van der Waals surface area (Å²) in [5.74, 6) is -0.866. The van der Waals surface area contributed by atoms with Gasteiger partial charge in [0.15, 0.2) is 0 Å². The number of aryl methyl sites for hydroxylation is 1. The first-order valence-electron chi connectivity index (χ1n) is 7.82. The van der Waals surface area contributed by atoms with Crippen LogP contribution >= 0.6 is 0 Å². The summed E-state index contributed by atoms with van der Waals surface area (Å²) < 4.78 is 70.6. The molecular formula is C17H14F3N3O4S. The van der Waals surface area contributed by atoms with E-state index in [1.54, 1.807) is 13.0 Å². The van der Waals surface area contributed by atoms with Crippen LogP contribution in [0, 0.1) is 6.92 Å². The maximum absolute atomic E-state index is 12.7. The van der Waals surface area contributed by atoms with Crippen molar-refractivity contribution in [1.82, 2.24) is 9.55 Å². The van der Waals surface area contributed by atoms with Gasteiger partial charge in [0, 0.05) is 11.9 Å². The van der Waals surface area contributed by atoms with E-state index in [0.717, 1.165) is 12.1 Å². The van der Waals surface area contributed by atoms with Gasteiger partial charge in [-0.15, -0.1) is 13.2 Å². The number of nitrogens with one attached hydrogen (secondary N) is 2. The van der Waals surface area contributed by atoms with E-state index in [0.29, 0.717) is 5.69 Å². The van der Waals surface area contributed by atoms with Gasteiger partial charge in [-0.2, -0.15) is 0 Å². The number of ether oxygens (including phenoxy) is 1. The average molecular weight is 413 g/mol. The van der Waals surface area contributed by atoms with Crippen molar-refractivity contribution in [2.45, 2.75) is 18.2 Å². The lowest BCUT2D eigenvalue weighted by Gasteiger charge is -2.16. The van der Waals surface area contributed by atoms with Crippen LogP contribution < -0.4 is 15.1 Å². The van der Waals surface area contributed by atoms with Crippen LogP contribution in [0.15, 0.2) is 64.4 Å². The predicted octanol–water partition coefficient (Wildman–Crippen LogP) is 3.17. The predicted molar refractivity (Wildman–Crippen MR) is 95.1 cm³/mol. The SMILES string of the molecule is Cc1c[nH]c(=O)n1-c1ccccc1NS(=O)(=O)c1ccccc1OC(F)(F)F. The molecule has 0 aliphatic carbocycles. The Kier molecular flexibility index (Phi) is 4.94. The number of H-pyrrole nitrogens is 1. The molecule has 0 aliphatic rings. The van der Waals surface area contributed by atoms with E-state index in [9.17, 15) is 26.4 Å². The van der Waals surface area contributed by atoms with Crippen LogP contribution in [0.25, 0.3) is 5.69 Å². The molecule has 3 rings (SSSR count). The molecule has 1 heterocycles. The molecule has 11 heteroatoms. The molecule has 2 N–H and O–H groups in total. The number of rotatable bonds is 5. The normalized spacial score (nSPS) is 12.0. The number of alkyl halides is 3. The molecule has 0 radical (unpaired) electrons. The fourth-order valence-corrected chi connectivity index (χ4v) is 3.80. The molecule has 0 saturated heterocycles. The van der Waals surface area contributed by atoms with Gasteiger partial charge in [0.05, 0.1) is 11.4 Å². The van der Waals surface area contributed by atoms with Crippen molar-refractivity contribution in [1.29, 1.82) is 0 Å². The molecule has 2 aromatic carbocycles. The van der Waals surface area contributed by atoms with Gasteiger partial charge in [-0.3, -0.25) is 9.29 Å². The van der Waals surface area contributed by atoms with E-state index in [1.165, 1.54) is 41.1 Å². The molecule has 0 aliphatic heterocycles. The van der Waals surface area contributed by atoms with Gasteiger partial charge in [0.25, 0.3) is 10.0 Å². The van der Waals surface area contributed by atoms with Gasteiger partial charge < -0.3 is 9.72 Å². The van der Waals surface area contributed by atoms with Crippen LogP contribution in [0.1, 0.15) is 5.69 Å². The maximum atomic E-state index is 12.7. The molecule has 0 saturated carbocycles. The lowest BCUT2D eigenvalue weighted by atomic mass is 10.2. The highest BCUT2D eigenvalue weighted by Crippen LogP contribution is 2.31. The van der Waals surface area contributed by atoms with E-state index in [1.807, 2.05) is 0 Å². The van der Waals surface area contributed by atoms with Gasteiger partial charge in [-0.1, -0.05) is 24.3 Å². The van der Waals surface area contributed by atoms with Crippen LogP contribution in [0.2, 0.25) is 0 Å². The lowest BCUT2D eigenvalue weighted by Crippen LogP contribution is -2.22. The number of imidazole rings is 1. The molecule has 0 atom stereocenters. The number of nitrogens with zero attached hydrogens (tertiary/aromatic N) is 1. The summed E-state index contributed by atoms with van der Waals surface area (Å²) in [5, 5.41) is 0. The van der Waals surface area contributed by atoms with Crippen LogP contribution in [-0.4, -0.2) is 24.3 Å². The van der Waals surface area contributed by atoms with E-state index < -0.39 is 32.7 Å². The summed E-state index contributed by atoms with van der Waals surface area (Å²) in [6.45, 7) is 1.63. The standard InChI is InChI=1S/C17H14F3N3O4S/c1-11-10-21-16(24)23(11)13-7-3-2-6-12(13)22-28(25,26)15-9-5-4-8-14(15)27-17(18,19)20/h2-10,22H,1H3,(H,21,24). The van der Waals surface area contributed by atoms with Crippen molar-refractivity contribution >= 4 is 15.7 Å². The number of anilines is 1. The minimum atomic E-state index is -5.06. The molecule has 0 fully saturated rings. The Bertz CT molecular complexity index is 1170. The highest BCUT2D eigenvalue weighted by atomic mass is 32.2. The summed E-state index contributed by atoms with van der Waals surface area (Å²) in [6, 6.07) is 10.4. The van der Waals surface area contributed by atoms with Crippen molar-refractivity contribution in [2.24, 2.45) is 0 Å². The minimum absolute atomic E-state index is 0.00844. The van der Waals surface area contributed by atoms with Crippen LogP contribution in [0.4, 0.5) is 18.9 Å². The zero-order chi connectivity index (χ0) is 20.5. The van der Waals surface area contributed by atoms with Crippen molar-refractivity contribution in [3.63, 3.8) is 0 Å². The van der Waals surface area contributed by atoms with Gasteiger partial charge in [0.1, 0.15) is 10.6 Å². The first-order chi connectivity index (χ1) is 13.1. The highest BCUT2D eigenvalue weighted by Gasteiger charge is 2.34. The number of halogens is 3. The van der Waals surface area contributed by atoms with Crippen molar-refractivity contribution < 1.29 is 26.3 Å². The van der Waals surface area contributed by atoms with E-state index in [4.69, 9.17) is 0 Å². The number of hydrogen-bond donors (Lipinski definition) is 2. The van der Waals surface area contributed by atoms with Crippen molar-refractivity contribution in [3.8, 4) is 11.4 Å². The third-order valence-electron chi connectivity index (χ3n) is 3.71. The number of aromatic amines is 1. The molecule has 0 amide bonds. The minimum Gasteiger partial charge on any atom is -0.404 e. The molecule has 0 bridgehead atoms. The van der Waals surface area contributed by atoms with Crippen LogP contribution in [-0.2, 0) is 10.0 Å². The topological polar surface area (TPSA) is 93.2 Å². The molecule has 7 nitrogen and oxygen atoms in total. The Morgan fingerprint density at radius 2 is 1.71 bits per heavy atom. The third kappa shape index (κ3) is 4.03. The zero-order valence-corrected chi connectivity index (χ0v) is 15.1. The van der Waals surface area contributed by atoms with Gasteiger partial charge in [0.2, 0.25) is 0 Å². The van der Waals surface area contributed by atoms with Crippen molar-refractivity contribution in [2.75, 3.05) is 4.72 Å². The Labute approximate surface area is 157 Å². The number of aromatic nitrogens is 2. The van der Waals surface area contributed by atoms with Gasteiger partial charge in [-0.05, 0) is 31.2 Å². The Morgan fingerprint density at radius 3 is 2.36 bits per heavy atom. The third-order valence-corrected chi connectivity index (χ3v) is 5.12. The van der Waals surface area contributed by atoms with Crippen LogP contribution in [0.3, 0.4) is 0 Å². The zero-order valence-electron chi connectivity index (χ0n) is 14.3. The molecule has 28 heavy (non-hydrogen) atoms. The molecular weight excluding hydrogens is 399 g/mol. The summed E-state index contributed by atoms with van der Waals surface area (Å²) in [4.78, 5) is 13.8. The van der Waals surface area contributed by atoms with Crippen molar-refractivity contribution in [3.05, 3.63) is 70.9 Å². The summed E-state index contributed by atoms with van der Waals surface area (Å²) >= 11 is 0. The van der Waals surface area contributed by atoms with E-state index in [-0.39, 0.29) is 11.4 Å². The number of benzene rings is 2. The number of sulfonamides is 1. The molecule has 1 aromatic heterocycles. The molecule has 148 valence electrons. The lowest BCUT2D eigenvalue weighted by molar-refractivity contribution is -0.275. The second-order valence-electron chi connectivity index (χ2n) is 5.69. The monoisotopic (exact) mass is 413 g/mol. The first-order valence-corrected chi connectivity index (χ1v) is 9.31. The Morgan fingerprint density at radius 1 is 1.07 bits per heavy atom. The second-order valence-corrected chi connectivity index (χ2v) is 7.34. The second kappa shape index (κ2) is 7.08. The van der Waals surface area contributed by atoms with Gasteiger partial charge >= 0.3 is 12.1 Å². The fraction of sp³-hybridized carbons (Fsp3) is 0.118. The average Bonchev–Trinajstić information content (AvgIpc) is 2.93. The number of hydrogen-bond acceptors (Lipinski definition) is 4. The maximum Gasteiger partial charge on any atom is 0.573 e.